The van der Waals surface area contributed by atoms with E-state index in [1.54, 1.807) is 18.3 Å². The van der Waals surface area contributed by atoms with Crippen LogP contribution in [0.3, 0.4) is 0 Å². The highest BCUT2D eigenvalue weighted by Gasteiger charge is 2.22. The van der Waals surface area contributed by atoms with Gasteiger partial charge in [0.25, 0.3) is 0 Å². The van der Waals surface area contributed by atoms with Gasteiger partial charge in [0.1, 0.15) is 0 Å². The molecule has 1 aromatic heterocycles. The molecule has 0 fully saturated rings. The fraction of sp³-hybridized carbons (Fsp3) is 0.250. The van der Waals surface area contributed by atoms with Crippen LogP contribution in [0.15, 0.2) is 48.7 Å². The molecule has 0 radical (unpaired) electrons. The zero-order valence-corrected chi connectivity index (χ0v) is 11.2. The maximum Gasteiger partial charge on any atom is 0.238 e. The number of rotatable bonds is 4. The molecular weight excluding hydrogens is 238 g/mol. The highest BCUT2D eigenvalue weighted by molar-refractivity contribution is 5.98. The second-order valence-electron chi connectivity index (χ2n) is 4.53. The Balaban J connectivity index is 2.37. The van der Waals surface area contributed by atoms with Gasteiger partial charge in [-0.2, -0.15) is 0 Å². The molecule has 0 saturated carbocycles. The van der Waals surface area contributed by atoms with Crippen molar-refractivity contribution in [3.8, 4) is 0 Å². The van der Waals surface area contributed by atoms with Gasteiger partial charge in [0, 0.05) is 13.1 Å². The van der Waals surface area contributed by atoms with Crippen molar-refractivity contribution in [3.05, 3.63) is 59.9 Å². The number of hydrogen-bond donors (Lipinski definition) is 0. The molecule has 1 heterocycles. The number of carbonyl (C=O) groups is 2. The summed E-state index contributed by atoms with van der Waals surface area (Å²) in [5.41, 5.74) is 1.43. The van der Waals surface area contributed by atoms with E-state index in [0.717, 1.165) is 5.56 Å². The first-order valence-electron chi connectivity index (χ1n) is 6.42. The number of ketones is 1. The molecule has 98 valence electrons. The van der Waals surface area contributed by atoms with Crippen LogP contribution in [-0.2, 0) is 0 Å². The summed E-state index contributed by atoms with van der Waals surface area (Å²) in [5, 5.41) is 0. The SMILES string of the molecule is CC[C@@H](C(=O)n1cccc1C(C)=O)c1ccccc1. The van der Waals surface area contributed by atoms with Crippen LogP contribution >= 0.6 is 0 Å². The van der Waals surface area contributed by atoms with E-state index in [1.165, 1.54) is 11.5 Å². The first-order valence-corrected chi connectivity index (χ1v) is 6.42. The van der Waals surface area contributed by atoms with Crippen LogP contribution in [0.4, 0.5) is 0 Å². The van der Waals surface area contributed by atoms with Gasteiger partial charge >= 0.3 is 0 Å². The van der Waals surface area contributed by atoms with Gasteiger partial charge in [0.15, 0.2) is 5.78 Å². The van der Waals surface area contributed by atoms with Crippen molar-refractivity contribution >= 4 is 11.7 Å². The standard InChI is InChI=1S/C16H17NO2/c1-3-14(13-8-5-4-6-9-13)16(19)17-11-7-10-15(17)12(2)18/h4-11,14H,3H2,1-2H3/t14-/m1/s1. The molecule has 19 heavy (non-hydrogen) atoms. The lowest BCUT2D eigenvalue weighted by Gasteiger charge is -2.16. The molecule has 0 bridgehead atoms. The van der Waals surface area contributed by atoms with Crippen LogP contribution in [0, 0.1) is 0 Å². The second kappa shape index (κ2) is 5.65. The van der Waals surface area contributed by atoms with Gasteiger partial charge in [0.2, 0.25) is 5.91 Å². The minimum Gasteiger partial charge on any atom is -0.293 e. The molecular formula is C16H17NO2. The van der Waals surface area contributed by atoms with E-state index in [2.05, 4.69) is 0 Å². The van der Waals surface area contributed by atoms with E-state index in [0.29, 0.717) is 12.1 Å². The molecule has 2 aromatic rings. The molecule has 0 unspecified atom stereocenters. The molecule has 0 N–H and O–H groups in total. The minimum absolute atomic E-state index is 0.0519. The minimum atomic E-state index is -0.216. The van der Waals surface area contributed by atoms with E-state index < -0.39 is 0 Å². The summed E-state index contributed by atoms with van der Waals surface area (Å²) in [6, 6.07) is 13.1. The molecule has 0 spiro atoms. The Kier molecular flexibility index (Phi) is 3.95. The predicted molar refractivity (Wildman–Crippen MR) is 74.5 cm³/mol. The van der Waals surface area contributed by atoms with Crippen molar-refractivity contribution in [1.29, 1.82) is 0 Å². The third kappa shape index (κ3) is 2.65. The summed E-state index contributed by atoms with van der Waals surface area (Å²) in [6.45, 7) is 3.45. The van der Waals surface area contributed by atoms with Gasteiger partial charge in [-0.1, -0.05) is 37.3 Å². The third-order valence-electron chi connectivity index (χ3n) is 3.26. The van der Waals surface area contributed by atoms with Crippen molar-refractivity contribution in [2.45, 2.75) is 26.2 Å². The van der Waals surface area contributed by atoms with Gasteiger partial charge < -0.3 is 0 Å². The Labute approximate surface area is 112 Å². The predicted octanol–water partition coefficient (Wildman–Crippen LogP) is 3.52. The molecule has 0 aliphatic heterocycles. The lowest BCUT2D eigenvalue weighted by molar-refractivity contribution is 0.0856. The van der Waals surface area contributed by atoms with Crippen LogP contribution in [0.5, 0.6) is 0 Å². The molecule has 0 amide bonds. The molecule has 3 nitrogen and oxygen atoms in total. The summed E-state index contributed by atoms with van der Waals surface area (Å²) in [5.74, 6) is -0.364. The largest absolute Gasteiger partial charge is 0.293 e. The summed E-state index contributed by atoms with van der Waals surface area (Å²) in [4.78, 5) is 24.1. The fourth-order valence-electron chi connectivity index (χ4n) is 2.27. The van der Waals surface area contributed by atoms with Crippen LogP contribution in [-0.4, -0.2) is 16.3 Å². The Morgan fingerprint density at radius 1 is 1.11 bits per heavy atom. The Morgan fingerprint density at radius 3 is 2.37 bits per heavy atom. The average Bonchev–Trinajstić information content (AvgIpc) is 2.90. The number of carbonyl (C=O) groups excluding carboxylic acids is 2. The van der Waals surface area contributed by atoms with E-state index in [9.17, 15) is 9.59 Å². The maximum absolute atomic E-state index is 12.6. The van der Waals surface area contributed by atoms with Crippen molar-refractivity contribution < 1.29 is 9.59 Å². The number of nitrogens with zero attached hydrogens (tertiary/aromatic N) is 1. The summed E-state index contributed by atoms with van der Waals surface area (Å²) in [7, 11) is 0. The Morgan fingerprint density at radius 2 is 1.79 bits per heavy atom. The van der Waals surface area contributed by atoms with Crippen LogP contribution in [0.2, 0.25) is 0 Å². The second-order valence-corrected chi connectivity index (χ2v) is 4.53. The summed E-state index contributed by atoms with van der Waals surface area (Å²) < 4.78 is 1.46. The zero-order valence-electron chi connectivity index (χ0n) is 11.2. The fourth-order valence-corrected chi connectivity index (χ4v) is 2.27. The van der Waals surface area contributed by atoms with Gasteiger partial charge in [-0.15, -0.1) is 0 Å². The highest BCUT2D eigenvalue weighted by Crippen LogP contribution is 2.22. The maximum atomic E-state index is 12.6. The third-order valence-corrected chi connectivity index (χ3v) is 3.26. The van der Waals surface area contributed by atoms with Crippen molar-refractivity contribution in [2.75, 3.05) is 0 Å². The first kappa shape index (κ1) is 13.3. The first-order chi connectivity index (χ1) is 9.15. The monoisotopic (exact) mass is 255 g/mol. The number of benzene rings is 1. The van der Waals surface area contributed by atoms with Gasteiger partial charge in [-0.05, 0) is 24.1 Å². The van der Waals surface area contributed by atoms with Crippen LogP contribution in [0.25, 0.3) is 0 Å². The molecule has 1 atom stereocenters. The average molecular weight is 255 g/mol. The van der Waals surface area contributed by atoms with Crippen LogP contribution < -0.4 is 0 Å². The molecule has 0 aliphatic carbocycles. The van der Waals surface area contributed by atoms with Crippen molar-refractivity contribution in [3.63, 3.8) is 0 Å². The van der Waals surface area contributed by atoms with Gasteiger partial charge in [-0.3, -0.25) is 14.2 Å². The molecule has 1 aromatic carbocycles. The van der Waals surface area contributed by atoms with Gasteiger partial charge in [0.05, 0.1) is 11.6 Å². The van der Waals surface area contributed by atoms with E-state index in [4.69, 9.17) is 0 Å². The highest BCUT2D eigenvalue weighted by atomic mass is 16.2. The molecule has 3 heteroatoms. The number of Topliss-reactive ketones (excluding diaryl/α,β-unsaturated/α-hetero) is 1. The topological polar surface area (TPSA) is 39.1 Å². The molecule has 0 aliphatic rings. The van der Waals surface area contributed by atoms with Crippen molar-refractivity contribution in [1.82, 2.24) is 4.57 Å². The summed E-state index contributed by atoms with van der Waals surface area (Å²) in [6.07, 6.45) is 2.36. The summed E-state index contributed by atoms with van der Waals surface area (Å²) >= 11 is 0. The smallest absolute Gasteiger partial charge is 0.238 e. The van der Waals surface area contributed by atoms with E-state index in [1.807, 2.05) is 37.3 Å². The Hall–Kier alpha value is -2.16. The number of hydrogen-bond acceptors (Lipinski definition) is 2. The van der Waals surface area contributed by atoms with Gasteiger partial charge in [-0.25, -0.2) is 0 Å². The molecule has 2 rings (SSSR count). The van der Waals surface area contributed by atoms with E-state index in [-0.39, 0.29) is 17.6 Å². The molecule has 0 saturated heterocycles. The van der Waals surface area contributed by atoms with Crippen molar-refractivity contribution in [2.24, 2.45) is 0 Å². The lowest BCUT2D eigenvalue weighted by atomic mass is 9.95. The quantitative estimate of drug-likeness (QED) is 0.784. The normalized spacial score (nSPS) is 12.1. The Bertz CT molecular complexity index is 584. The number of aromatic nitrogens is 1. The van der Waals surface area contributed by atoms with E-state index >= 15 is 0 Å². The lowest BCUT2D eigenvalue weighted by Crippen LogP contribution is -2.22. The van der Waals surface area contributed by atoms with Crippen LogP contribution in [0.1, 0.15) is 47.0 Å². The zero-order chi connectivity index (χ0) is 13.8.